The molecule has 1 heterocycles. The van der Waals surface area contributed by atoms with E-state index in [1.165, 1.54) is 5.56 Å². The lowest BCUT2D eigenvalue weighted by atomic mass is 10.1. The van der Waals surface area contributed by atoms with Gasteiger partial charge >= 0.3 is 0 Å². The Morgan fingerprint density at radius 2 is 2.21 bits per heavy atom. The molecule has 3 N–H and O–H groups in total. The van der Waals surface area contributed by atoms with Crippen LogP contribution in [0.5, 0.6) is 0 Å². The summed E-state index contributed by atoms with van der Waals surface area (Å²) in [6, 6.07) is 6.13. The first-order chi connectivity index (χ1) is 6.81. The van der Waals surface area contributed by atoms with Gasteiger partial charge in [0.1, 0.15) is 0 Å². The van der Waals surface area contributed by atoms with Crippen LogP contribution in [-0.4, -0.2) is 11.5 Å². The Labute approximate surface area is 88.1 Å². The number of rotatable bonds is 3. The normalized spacial score (nSPS) is 11.0. The number of H-pyrrole nitrogens is 1. The minimum Gasteiger partial charge on any atom is -0.361 e. The zero-order valence-electron chi connectivity index (χ0n) is 7.89. The number of aromatic amines is 1. The molecule has 0 aliphatic heterocycles. The third-order valence-corrected chi connectivity index (χ3v) is 2.72. The highest BCUT2D eigenvalue weighted by Crippen LogP contribution is 2.24. The van der Waals surface area contributed by atoms with Gasteiger partial charge in [-0.1, -0.05) is 11.6 Å². The summed E-state index contributed by atoms with van der Waals surface area (Å²) in [6.45, 7) is 0.707. The lowest BCUT2D eigenvalue weighted by molar-refractivity contribution is 0.833. The number of nitrogens with one attached hydrogen (secondary N) is 1. The van der Waals surface area contributed by atoms with Crippen LogP contribution in [0.4, 0.5) is 0 Å². The minimum atomic E-state index is 0.707. The van der Waals surface area contributed by atoms with E-state index in [-0.39, 0.29) is 0 Å². The molecule has 2 rings (SSSR count). The second kappa shape index (κ2) is 4.03. The maximum atomic E-state index is 6.14. The van der Waals surface area contributed by atoms with Crippen LogP contribution in [0, 0.1) is 0 Å². The van der Waals surface area contributed by atoms with E-state index in [9.17, 15) is 0 Å². The number of nitrogens with two attached hydrogens (primary N) is 1. The van der Waals surface area contributed by atoms with Crippen LogP contribution in [0.2, 0.25) is 5.02 Å². The largest absolute Gasteiger partial charge is 0.361 e. The van der Waals surface area contributed by atoms with Crippen molar-refractivity contribution in [3.05, 3.63) is 35.0 Å². The van der Waals surface area contributed by atoms with Gasteiger partial charge in [-0.3, -0.25) is 0 Å². The van der Waals surface area contributed by atoms with Crippen LogP contribution in [0.1, 0.15) is 12.0 Å². The van der Waals surface area contributed by atoms with Crippen LogP contribution < -0.4 is 5.73 Å². The number of aryl methyl sites for hydroxylation is 1. The highest BCUT2D eigenvalue weighted by Gasteiger charge is 2.03. The first-order valence-electron chi connectivity index (χ1n) is 4.77. The molecule has 1 aromatic carbocycles. The summed E-state index contributed by atoms with van der Waals surface area (Å²) in [5.74, 6) is 0. The molecule has 14 heavy (non-hydrogen) atoms. The van der Waals surface area contributed by atoms with E-state index in [2.05, 4.69) is 11.1 Å². The number of hydrogen-bond acceptors (Lipinski definition) is 1. The fraction of sp³-hybridized carbons (Fsp3) is 0.273. The van der Waals surface area contributed by atoms with Crippen molar-refractivity contribution < 1.29 is 0 Å². The number of hydrogen-bond donors (Lipinski definition) is 2. The van der Waals surface area contributed by atoms with Crippen molar-refractivity contribution in [3.8, 4) is 0 Å². The smallest absolute Gasteiger partial charge is 0.0457 e. The Kier molecular flexibility index (Phi) is 2.75. The highest BCUT2D eigenvalue weighted by molar-refractivity contribution is 6.32. The molecule has 0 spiro atoms. The number of halogens is 1. The molecule has 0 saturated heterocycles. The van der Waals surface area contributed by atoms with E-state index in [0.29, 0.717) is 6.54 Å². The molecule has 1 aromatic heterocycles. The molecule has 0 unspecified atom stereocenters. The van der Waals surface area contributed by atoms with Crippen molar-refractivity contribution in [3.63, 3.8) is 0 Å². The molecule has 0 aliphatic rings. The summed E-state index contributed by atoms with van der Waals surface area (Å²) in [5, 5.41) is 2.00. The van der Waals surface area contributed by atoms with E-state index in [0.717, 1.165) is 28.8 Å². The van der Waals surface area contributed by atoms with Gasteiger partial charge in [0, 0.05) is 22.1 Å². The fourth-order valence-electron chi connectivity index (χ4n) is 1.60. The fourth-order valence-corrected chi connectivity index (χ4v) is 1.87. The van der Waals surface area contributed by atoms with E-state index >= 15 is 0 Å². The standard InChI is InChI=1S/C11H13ClN2/c12-10-6-9-3-5-14-11(9)7-8(10)2-1-4-13/h3,5-7,14H,1-2,4,13H2. The zero-order valence-corrected chi connectivity index (χ0v) is 8.64. The summed E-state index contributed by atoms with van der Waals surface area (Å²) < 4.78 is 0. The van der Waals surface area contributed by atoms with Crippen molar-refractivity contribution in [2.45, 2.75) is 12.8 Å². The molecular weight excluding hydrogens is 196 g/mol. The maximum absolute atomic E-state index is 6.14. The Morgan fingerprint density at radius 3 is 3.00 bits per heavy atom. The molecule has 0 fully saturated rings. The summed E-state index contributed by atoms with van der Waals surface area (Å²) >= 11 is 6.14. The summed E-state index contributed by atoms with van der Waals surface area (Å²) in [6.07, 6.45) is 3.85. The SMILES string of the molecule is NCCCc1cc2[nH]ccc2cc1Cl. The average molecular weight is 209 g/mol. The van der Waals surface area contributed by atoms with Gasteiger partial charge in [0.25, 0.3) is 0 Å². The first kappa shape index (κ1) is 9.56. The van der Waals surface area contributed by atoms with Gasteiger partial charge in [0.15, 0.2) is 0 Å². The molecule has 0 radical (unpaired) electrons. The number of fused-ring (bicyclic) bond motifs is 1. The quantitative estimate of drug-likeness (QED) is 0.800. The van der Waals surface area contributed by atoms with Crippen LogP contribution in [0.25, 0.3) is 10.9 Å². The van der Waals surface area contributed by atoms with Gasteiger partial charge in [-0.2, -0.15) is 0 Å². The number of benzene rings is 1. The van der Waals surface area contributed by atoms with Crippen molar-refractivity contribution in [2.24, 2.45) is 5.73 Å². The molecule has 0 bridgehead atoms. The summed E-state index contributed by atoms with van der Waals surface area (Å²) in [4.78, 5) is 3.17. The van der Waals surface area contributed by atoms with E-state index in [1.807, 2.05) is 18.3 Å². The maximum Gasteiger partial charge on any atom is 0.0457 e. The minimum absolute atomic E-state index is 0.707. The first-order valence-corrected chi connectivity index (χ1v) is 5.14. The molecular formula is C11H13ClN2. The topological polar surface area (TPSA) is 41.8 Å². The van der Waals surface area contributed by atoms with E-state index in [4.69, 9.17) is 17.3 Å². The van der Waals surface area contributed by atoms with Gasteiger partial charge in [-0.15, -0.1) is 0 Å². The van der Waals surface area contributed by atoms with E-state index < -0.39 is 0 Å². The number of aromatic nitrogens is 1. The Balaban J connectivity index is 2.38. The molecule has 74 valence electrons. The van der Waals surface area contributed by atoms with Crippen molar-refractivity contribution in [1.82, 2.24) is 4.98 Å². The third-order valence-electron chi connectivity index (χ3n) is 2.37. The van der Waals surface area contributed by atoms with Crippen LogP contribution in [0.3, 0.4) is 0 Å². The summed E-state index contributed by atoms with van der Waals surface area (Å²) in [5.41, 5.74) is 7.78. The molecule has 2 aromatic rings. The Morgan fingerprint density at radius 1 is 1.36 bits per heavy atom. The summed E-state index contributed by atoms with van der Waals surface area (Å²) in [7, 11) is 0. The lowest BCUT2D eigenvalue weighted by Crippen LogP contribution is -2.00. The Bertz CT molecular complexity index is 434. The second-order valence-electron chi connectivity index (χ2n) is 3.40. The third kappa shape index (κ3) is 1.76. The zero-order chi connectivity index (χ0) is 9.97. The van der Waals surface area contributed by atoms with Gasteiger partial charge in [0.2, 0.25) is 0 Å². The van der Waals surface area contributed by atoms with Crippen LogP contribution in [-0.2, 0) is 6.42 Å². The van der Waals surface area contributed by atoms with Crippen molar-refractivity contribution in [1.29, 1.82) is 0 Å². The van der Waals surface area contributed by atoms with Gasteiger partial charge < -0.3 is 10.7 Å². The monoisotopic (exact) mass is 208 g/mol. The molecule has 2 nitrogen and oxygen atoms in total. The molecule has 0 saturated carbocycles. The average Bonchev–Trinajstić information content (AvgIpc) is 2.61. The van der Waals surface area contributed by atoms with Crippen molar-refractivity contribution in [2.75, 3.05) is 6.54 Å². The molecule has 0 aliphatic carbocycles. The van der Waals surface area contributed by atoms with Gasteiger partial charge in [-0.25, -0.2) is 0 Å². The molecule has 0 atom stereocenters. The second-order valence-corrected chi connectivity index (χ2v) is 3.81. The molecule has 0 amide bonds. The molecule has 3 heteroatoms. The van der Waals surface area contributed by atoms with Crippen molar-refractivity contribution >= 4 is 22.5 Å². The highest BCUT2D eigenvalue weighted by atomic mass is 35.5. The van der Waals surface area contributed by atoms with Gasteiger partial charge in [0.05, 0.1) is 0 Å². The Hall–Kier alpha value is -0.990. The predicted molar refractivity (Wildman–Crippen MR) is 60.7 cm³/mol. The van der Waals surface area contributed by atoms with Crippen LogP contribution >= 0.6 is 11.6 Å². The predicted octanol–water partition coefficient (Wildman–Crippen LogP) is 2.71. The lowest BCUT2D eigenvalue weighted by Gasteiger charge is -2.03. The van der Waals surface area contributed by atoms with Crippen LogP contribution in [0.15, 0.2) is 24.4 Å². The van der Waals surface area contributed by atoms with Gasteiger partial charge in [-0.05, 0) is 43.1 Å². The van der Waals surface area contributed by atoms with E-state index in [1.54, 1.807) is 0 Å².